The van der Waals surface area contributed by atoms with Crippen LogP contribution < -0.4 is 5.73 Å². The average Bonchev–Trinajstić information content (AvgIpc) is 2.56. The summed E-state index contributed by atoms with van der Waals surface area (Å²) < 4.78 is 0. The molecule has 0 saturated heterocycles. The molecule has 0 saturated carbocycles. The molecule has 0 radical (unpaired) electrons. The fourth-order valence-electron chi connectivity index (χ4n) is 2.95. The molecule has 0 unspecified atom stereocenters. The number of rotatable bonds is 2. The maximum atomic E-state index is 6.56. The Kier molecular flexibility index (Phi) is 4.81. The van der Waals surface area contributed by atoms with Crippen molar-refractivity contribution in [3.8, 4) is 22.3 Å². The van der Waals surface area contributed by atoms with Crippen LogP contribution in [0.4, 0.5) is 5.69 Å². The predicted octanol–water partition coefficient (Wildman–Crippen LogP) is 7.21. The number of hydrogen-bond acceptors (Lipinski definition) is 1. The van der Waals surface area contributed by atoms with Crippen LogP contribution in [0.1, 0.15) is 26.3 Å². The Balaban J connectivity index is 2.25. The van der Waals surface area contributed by atoms with E-state index in [4.69, 9.17) is 28.9 Å². The molecule has 0 fully saturated rings. The summed E-state index contributed by atoms with van der Waals surface area (Å²) in [7, 11) is 0. The van der Waals surface area contributed by atoms with Crippen molar-refractivity contribution in [2.75, 3.05) is 5.73 Å². The molecule has 0 aliphatic rings. The molecule has 3 aromatic rings. The van der Waals surface area contributed by atoms with Crippen molar-refractivity contribution in [3.63, 3.8) is 0 Å². The lowest BCUT2D eigenvalue weighted by Crippen LogP contribution is -2.15. The Hall–Kier alpha value is -1.96. The van der Waals surface area contributed by atoms with E-state index in [0.29, 0.717) is 5.02 Å². The second kappa shape index (κ2) is 6.74. The molecule has 128 valence electrons. The third-order valence-corrected chi connectivity index (χ3v) is 4.82. The summed E-state index contributed by atoms with van der Waals surface area (Å²) in [5.74, 6) is 0. The van der Waals surface area contributed by atoms with Gasteiger partial charge in [0.15, 0.2) is 0 Å². The van der Waals surface area contributed by atoms with Gasteiger partial charge in [-0.1, -0.05) is 68.2 Å². The van der Waals surface area contributed by atoms with Gasteiger partial charge in [0, 0.05) is 21.3 Å². The van der Waals surface area contributed by atoms with Crippen molar-refractivity contribution in [2.24, 2.45) is 0 Å². The van der Waals surface area contributed by atoms with Crippen LogP contribution in [0.3, 0.4) is 0 Å². The Bertz CT molecular complexity index is 889. The van der Waals surface area contributed by atoms with Gasteiger partial charge in [0.1, 0.15) is 0 Å². The van der Waals surface area contributed by atoms with Gasteiger partial charge in [0.2, 0.25) is 0 Å². The van der Waals surface area contributed by atoms with Gasteiger partial charge in [-0.15, -0.1) is 0 Å². The molecule has 0 bridgehead atoms. The SMILES string of the molecule is CC(C)(C)c1cc(-c2ccc(Cl)cc2)cc(-c2ccc(Cl)cc2)c1N. The molecule has 0 atom stereocenters. The molecule has 1 nitrogen and oxygen atoms in total. The first-order chi connectivity index (χ1) is 11.8. The molecule has 2 N–H and O–H groups in total. The number of anilines is 1. The van der Waals surface area contributed by atoms with Crippen LogP contribution in [-0.4, -0.2) is 0 Å². The first kappa shape index (κ1) is 17.8. The van der Waals surface area contributed by atoms with Crippen molar-refractivity contribution < 1.29 is 0 Å². The van der Waals surface area contributed by atoms with Crippen molar-refractivity contribution in [2.45, 2.75) is 26.2 Å². The van der Waals surface area contributed by atoms with Crippen molar-refractivity contribution in [1.82, 2.24) is 0 Å². The van der Waals surface area contributed by atoms with Crippen molar-refractivity contribution in [1.29, 1.82) is 0 Å². The van der Waals surface area contributed by atoms with Crippen molar-refractivity contribution >= 4 is 28.9 Å². The fourth-order valence-corrected chi connectivity index (χ4v) is 3.20. The van der Waals surface area contributed by atoms with Gasteiger partial charge < -0.3 is 5.73 Å². The third-order valence-electron chi connectivity index (χ3n) is 4.32. The second-order valence-corrected chi connectivity index (χ2v) is 8.12. The molecule has 3 heteroatoms. The zero-order valence-corrected chi connectivity index (χ0v) is 16.1. The minimum absolute atomic E-state index is 0.0618. The topological polar surface area (TPSA) is 26.0 Å². The minimum Gasteiger partial charge on any atom is -0.398 e. The highest BCUT2D eigenvalue weighted by Gasteiger charge is 2.21. The quantitative estimate of drug-likeness (QED) is 0.474. The summed E-state index contributed by atoms with van der Waals surface area (Å²) in [6, 6.07) is 20.0. The number of nitrogen functional groups attached to an aromatic ring is 1. The summed E-state index contributed by atoms with van der Waals surface area (Å²) in [6.45, 7) is 6.53. The van der Waals surface area contributed by atoms with E-state index in [1.165, 1.54) is 0 Å². The fraction of sp³-hybridized carbons (Fsp3) is 0.182. The molecule has 0 spiro atoms. The predicted molar refractivity (Wildman–Crippen MR) is 110 cm³/mol. The van der Waals surface area contributed by atoms with Gasteiger partial charge in [-0.3, -0.25) is 0 Å². The van der Waals surface area contributed by atoms with E-state index in [1.807, 2.05) is 48.5 Å². The summed E-state index contributed by atoms with van der Waals surface area (Å²) in [5.41, 5.74) is 12.8. The van der Waals surface area contributed by atoms with Gasteiger partial charge in [-0.2, -0.15) is 0 Å². The first-order valence-corrected chi connectivity index (χ1v) is 8.97. The Morgan fingerprint density at radius 2 is 1.16 bits per heavy atom. The molecule has 3 rings (SSSR count). The Labute approximate surface area is 159 Å². The molecular weight excluding hydrogens is 349 g/mol. The maximum Gasteiger partial charge on any atom is 0.0432 e. The van der Waals surface area contributed by atoms with E-state index in [2.05, 4.69) is 32.9 Å². The van der Waals surface area contributed by atoms with Crippen LogP contribution in [0.15, 0.2) is 60.7 Å². The standard InChI is InChI=1S/C22H21Cl2N/c1-22(2,3)20-13-16(14-4-8-17(23)9-5-14)12-19(21(20)25)15-6-10-18(24)11-7-15/h4-13H,25H2,1-3H3. The van der Waals surface area contributed by atoms with E-state index >= 15 is 0 Å². The van der Waals surface area contributed by atoms with E-state index < -0.39 is 0 Å². The number of halogens is 2. The summed E-state index contributed by atoms with van der Waals surface area (Å²) >= 11 is 12.1. The Morgan fingerprint density at radius 3 is 1.64 bits per heavy atom. The van der Waals surface area contributed by atoms with Gasteiger partial charge >= 0.3 is 0 Å². The molecule has 25 heavy (non-hydrogen) atoms. The van der Waals surface area contributed by atoms with Gasteiger partial charge in [-0.25, -0.2) is 0 Å². The largest absolute Gasteiger partial charge is 0.398 e. The van der Waals surface area contributed by atoms with Crippen LogP contribution in [0.25, 0.3) is 22.3 Å². The summed E-state index contributed by atoms with van der Waals surface area (Å²) in [4.78, 5) is 0. The van der Waals surface area contributed by atoms with Crippen molar-refractivity contribution in [3.05, 3.63) is 76.3 Å². The smallest absolute Gasteiger partial charge is 0.0432 e. The van der Waals surface area contributed by atoms with Gasteiger partial charge in [0.05, 0.1) is 0 Å². The molecular formula is C22H21Cl2N. The van der Waals surface area contributed by atoms with Crippen LogP contribution >= 0.6 is 23.2 Å². The molecule has 3 aromatic carbocycles. The van der Waals surface area contributed by atoms with E-state index in [1.54, 1.807) is 0 Å². The first-order valence-electron chi connectivity index (χ1n) is 8.21. The van der Waals surface area contributed by atoms with Crippen LogP contribution in [0.2, 0.25) is 10.0 Å². The number of hydrogen-bond donors (Lipinski definition) is 1. The van der Waals surface area contributed by atoms with E-state index in [-0.39, 0.29) is 5.41 Å². The van der Waals surface area contributed by atoms with E-state index in [9.17, 15) is 0 Å². The maximum absolute atomic E-state index is 6.56. The number of benzene rings is 3. The zero-order valence-electron chi connectivity index (χ0n) is 14.6. The second-order valence-electron chi connectivity index (χ2n) is 7.25. The van der Waals surface area contributed by atoms with Gasteiger partial charge in [-0.05, 0) is 64.1 Å². The minimum atomic E-state index is -0.0618. The highest BCUT2D eigenvalue weighted by atomic mass is 35.5. The third kappa shape index (κ3) is 3.84. The van der Waals surface area contributed by atoms with Crippen LogP contribution in [0.5, 0.6) is 0 Å². The monoisotopic (exact) mass is 369 g/mol. The molecule has 0 heterocycles. The van der Waals surface area contributed by atoms with Crippen LogP contribution in [0, 0.1) is 0 Å². The normalized spacial score (nSPS) is 11.6. The molecule has 0 aliphatic carbocycles. The van der Waals surface area contributed by atoms with Crippen LogP contribution in [-0.2, 0) is 5.41 Å². The lowest BCUT2D eigenvalue weighted by atomic mass is 9.81. The summed E-state index contributed by atoms with van der Waals surface area (Å²) in [5, 5.41) is 1.44. The zero-order chi connectivity index (χ0) is 18.2. The van der Waals surface area contributed by atoms with Gasteiger partial charge in [0.25, 0.3) is 0 Å². The van der Waals surface area contributed by atoms with E-state index in [0.717, 1.165) is 38.5 Å². The molecule has 0 aliphatic heterocycles. The molecule has 0 aromatic heterocycles. The lowest BCUT2D eigenvalue weighted by molar-refractivity contribution is 0.593. The number of nitrogens with two attached hydrogens (primary N) is 1. The summed E-state index contributed by atoms with van der Waals surface area (Å²) in [6.07, 6.45) is 0. The highest BCUT2D eigenvalue weighted by molar-refractivity contribution is 6.31. The lowest BCUT2D eigenvalue weighted by Gasteiger charge is -2.25. The highest BCUT2D eigenvalue weighted by Crippen LogP contribution is 2.39. The molecule has 0 amide bonds. The Morgan fingerprint density at radius 1 is 0.680 bits per heavy atom. The average molecular weight is 370 g/mol.